The van der Waals surface area contributed by atoms with Gasteiger partial charge in [-0.15, -0.1) is 0 Å². The first-order chi connectivity index (χ1) is 4.41. The van der Waals surface area contributed by atoms with Gasteiger partial charge in [-0.05, 0) is 13.8 Å². The quantitative estimate of drug-likeness (QED) is 0.631. The molecule has 0 aromatic carbocycles. The van der Waals surface area contributed by atoms with Gasteiger partial charge in [0.15, 0.2) is 0 Å². The van der Waals surface area contributed by atoms with E-state index in [4.69, 9.17) is 0 Å². The minimum atomic E-state index is -0.0775. The van der Waals surface area contributed by atoms with E-state index < -0.39 is 0 Å². The lowest BCUT2D eigenvalue weighted by Gasteiger charge is -2.33. The minimum absolute atomic E-state index is 0.0775. The molecule has 0 aromatic rings. The fraction of sp³-hybridized carbons (Fsp3) is 0.857. The summed E-state index contributed by atoms with van der Waals surface area (Å²) in [7, 11) is 1.81. The fourth-order valence-electron chi connectivity index (χ4n) is 0.516. The summed E-state index contributed by atoms with van der Waals surface area (Å²) in [5.74, 6) is 0.101. The number of alkyl halides is 1. The Hall–Kier alpha value is -0.0500. The molecule has 0 aliphatic heterocycles. The number of nitrogens with zero attached hydrogens (tertiary/aromatic N) is 1. The topological polar surface area (TPSA) is 20.3 Å². The molecule has 0 aliphatic carbocycles. The van der Waals surface area contributed by atoms with Gasteiger partial charge in [-0.3, -0.25) is 4.79 Å². The van der Waals surface area contributed by atoms with Crippen LogP contribution in [0.3, 0.4) is 0 Å². The van der Waals surface area contributed by atoms with Gasteiger partial charge in [0.1, 0.15) is 0 Å². The zero-order chi connectivity index (χ0) is 8.36. The monoisotopic (exact) mass is 207 g/mol. The van der Waals surface area contributed by atoms with Crippen LogP contribution in [-0.2, 0) is 4.79 Å². The number of carbonyl (C=O) groups is 1. The van der Waals surface area contributed by atoms with Gasteiger partial charge in [-0.2, -0.15) is 0 Å². The van der Waals surface area contributed by atoms with E-state index in [1.54, 1.807) is 11.8 Å². The average Bonchev–Trinajstić information content (AvgIpc) is 1.86. The molecule has 0 atom stereocenters. The molecule has 0 bridgehead atoms. The number of rotatable bonds is 2. The molecule has 2 nitrogen and oxygen atoms in total. The molecule has 60 valence electrons. The van der Waals surface area contributed by atoms with Crippen molar-refractivity contribution in [3.8, 4) is 0 Å². The second-order valence-electron chi connectivity index (χ2n) is 3.02. The number of amides is 1. The summed E-state index contributed by atoms with van der Waals surface area (Å²) in [6.45, 7) is 5.61. The van der Waals surface area contributed by atoms with Crippen LogP contribution in [0, 0.1) is 0 Å². The van der Waals surface area contributed by atoms with Crippen molar-refractivity contribution in [1.29, 1.82) is 0 Å². The van der Waals surface area contributed by atoms with Gasteiger partial charge in [0.05, 0.1) is 0 Å². The van der Waals surface area contributed by atoms with Crippen molar-refractivity contribution >= 4 is 21.8 Å². The van der Waals surface area contributed by atoms with Gasteiger partial charge < -0.3 is 4.90 Å². The van der Waals surface area contributed by atoms with Gasteiger partial charge in [0, 0.05) is 24.8 Å². The third kappa shape index (κ3) is 2.29. The van der Waals surface area contributed by atoms with Crippen LogP contribution >= 0.6 is 15.9 Å². The van der Waals surface area contributed by atoms with Crippen LogP contribution in [0.4, 0.5) is 0 Å². The highest BCUT2D eigenvalue weighted by molar-refractivity contribution is 9.09. The van der Waals surface area contributed by atoms with Gasteiger partial charge in [-0.1, -0.05) is 15.9 Å². The van der Waals surface area contributed by atoms with Crippen molar-refractivity contribution in [2.24, 2.45) is 0 Å². The second kappa shape index (κ2) is 3.37. The van der Waals surface area contributed by atoms with Crippen molar-refractivity contribution in [2.45, 2.75) is 26.3 Å². The maximum Gasteiger partial charge on any atom is 0.219 e. The molecule has 10 heavy (non-hydrogen) atoms. The SMILES string of the molecule is CC(=O)N(C)C(C)(C)CBr. The number of hydrogen-bond donors (Lipinski definition) is 0. The van der Waals surface area contributed by atoms with Gasteiger partial charge in [-0.25, -0.2) is 0 Å². The molecule has 0 fully saturated rings. The minimum Gasteiger partial charge on any atom is -0.340 e. The smallest absolute Gasteiger partial charge is 0.219 e. The van der Waals surface area contributed by atoms with Crippen LogP contribution in [0.15, 0.2) is 0 Å². The Balaban J connectivity index is 4.17. The molecular weight excluding hydrogens is 194 g/mol. The molecule has 0 aromatic heterocycles. The summed E-state index contributed by atoms with van der Waals surface area (Å²) in [6.07, 6.45) is 0. The average molecular weight is 208 g/mol. The van der Waals surface area contributed by atoms with Crippen LogP contribution in [0.25, 0.3) is 0 Å². The standard InChI is InChI=1S/C7H14BrNO/c1-6(10)9(4)7(2,3)5-8/h5H2,1-4H3. The summed E-state index contributed by atoms with van der Waals surface area (Å²) in [4.78, 5) is 12.6. The number of carbonyl (C=O) groups excluding carboxylic acids is 1. The fourth-order valence-corrected chi connectivity index (χ4v) is 0.892. The molecule has 0 saturated heterocycles. The van der Waals surface area contributed by atoms with Gasteiger partial charge in [0.2, 0.25) is 5.91 Å². The van der Waals surface area contributed by atoms with Crippen LogP contribution < -0.4 is 0 Å². The Morgan fingerprint density at radius 3 is 2.10 bits per heavy atom. The lowest BCUT2D eigenvalue weighted by molar-refractivity contribution is -0.131. The molecule has 3 heteroatoms. The van der Waals surface area contributed by atoms with Crippen molar-refractivity contribution in [3.05, 3.63) is 0 Å². The number of hydrogen-bond acceptors (Lipinski definition) is 1. The van der Waals surface area contributed by atoms with E-state index in [2.05, 4.69) is 15.9 Å². The maximum atomic E-state index is 10.9. The Morgan fingerprint density at radius 2 is 2.00 bits per heavy atom. The van der Waals surface area contributed by atoms with Crippen molar-refractivity contribution < 1.29 is 4.79 Å². The van der Waals surface area contributed by atoms with Crippen LogP contribution in [0.1, 0.15) is 20.8 Å². The largest absolute Gasteiger partial charge is 0.340 e. The van der Waals surface area contributed by atoms with E-state index in [0.717, 1.165) is 5.33 Å². The lowest BCUT2D eigenvalue weighted by atomic mass is 10.1. The Morgan fingerprint density at radius 1 is 1.60 bits per heavy atom. The third-order valence-electron chi connectivity index (χ3n) is 1.71. The highest BCUT2D eigenvalue weighted by Gasteiger charge is 2.23. The Bertz CT molecular complexity index is 134. The van der Waals surface area contributed by atoms with Gasteiger partial charge in [0.25, 0.3) is 0 Å². The molecular formula is C7H14BrNO. The normalized spacial score (nSPS) is 11.3. The van der Waals surface area contributed by atoms with Crippen LogP contribution in [0.2, 0.25) is 0 Å². The predicted octanol–water partition coefficient (Wildman–Crippen LogP) is 1.64. The van der Waals surface area contributed by atoms with Crippen molar-refractivity contribution in [3.63, 3.8) is 0 Å². The molecule has 0 N–H and O–H groups in total. The van der Waals surface area contributed by atoms with E-state index in [0.29, 0.717) is 0 Å². The van der Waals surface area contributed by atoms with Crippen LogP contribution in [-0.4, -0.2) is 28.7 Å². The summed E-state index contributed by atoms with van der Waals surface area (Å²) in [5.41, 5.74) is -0.0775. The van der Waals surface area contributed by atoms with Gasteiger partial charge >= 0.3 is 0 Å². The first-order valence-electron chi connectivity index (χ1n) is 3.22. The molecule has 0 spiro atoms. The van der Waals surface area contributed by atoms with Crippen molar-refractivity contribution in [2.75, 3.05) is 12.4 Å². The Kier molecular flexibility index (Phi) is 3.36. The third-order valence-corrected chi connectivity index (χ3v) is 3.08. The zero-order valence-corrected chi connectivity index (χ0v) is 8.53. The molecule has 0 unspecified atom stereocenters. The molecule has 0 radical (unpaired) electrons. The highest BCUT2D eigenvalue weighted by atomic mass is 79.9. The summed E-state index contributed by atoms with van der Waals surface area (Å²) in [5, 5.41) is 0.802. The van der Waals surface area contributed by atoms with Crippen LogP contribution in [0.5, 0.6) is 0 Å². The molecule has 0 aliphatic rings. The van der Waals surface area contributed by atoms with Crippen molar-refractivity contribution in [1.82, 2.24) is 4.90 Å². The first kappa shape index (κ1) is 9.95. The molecule has 1 amide bonds. The predicted molar refractivity (Wildman–Crippen MR) is 46.3 cm³/mol. The van der Waals surface area contributed by atoms with E-state index in [1.165, 1.54) is 0 Å². The summed E-state index contributed by atoms with van der Waals surface area (Å²) in [6, 6.07) is 0. The first-order valence-corrected chi connectivity index (χ1v) is 4.34. The molecule has 0 rings (SSSR count). The second-order valence-corrected chi connectivity index (χ2v) is 3.58. The lowest BCUT2D eigenvalue weighted by Crippen LogP contribution is -2.45. The Labute approximate surface area is 70.7 Å². The zero-order valence-electron chi connectivity index (χ0n) is 6.94. The molecule has 0 saturated carbocycles. The van der Waals surface area contributed by atoms with E-state index >= 15 is 0 Å². The molecule has 0 heterocycles. The number of halogens is 1. The summed E-state index contributed by atoms with van der Waals surface area (Å²) < 4.78 is 0. The van der Waals surface area contributed by atoms with E-state index in [9.17, 15) is 4.79 Å². The van der Waals surface area contributed by atoms with E-state index in [1.807, 2.05) is 20.9 Å². The summed E-state index contributed by atoms with van der Waals surface area (Å²) >= 11 is 3.35. The highest BCUT2D eigenvalue weighted by Crippen LogP contribution is 2.14. The van der Waals surface area contributed by atoms with E-state index in [-0.39, 0.29) is 11.4 Å². The maximum absolute atomic E-state index is 10.9.